The first-order chi connectivity index (χ1) is 9.13. The van der Waals surface area contributed by atoms with E-state index in [1.54, 1.807) is 12.1 Å². The Hall–Kier alpha value is -1.16. The molecule has 108 valence electrons. The van der Waals surface area contributed by atoms with E-state index in [-0.39, 0.29) is 6.73 Å². The number of furan rings is 1. The molecule has 0 amide bonds. The summed E-state index contributed by atoms with van der Waals surface area (Å²) >= 11 is 0. The van der Waals surface area contributed by atoms with E-state index in [4.69, 9.17) is 19.0 Å². The fourth-order valence-corrected chi connectivity index (χ4v) is 1.78. The highest BCUT2D eigenvalue weighted by Gasteiger charge is 2.43. The fraction of sp³-hybridized carbons (Fsp3) is 0.636. The number of hydrogen-bond donors (Lipinski definition) is 5. The number of aliphatic hydroxyl groups is 4. The summed E-state index contributed by atoms with van der Waals surface area (Å²) in [6.45, 7) is -0.521. The molecule has 2 rings (SSSR count). The predicted octanol–water partition coefficient (Wildman–Crippen LogP) is -1.53. The SMILES string of the molecule is OC[C@H]1OC(OCNc2ccco2)[C@H](O)[C@@H](O)[C@@H]1O. The van der Waals surface area contributed by atoms with Gasteiger partial charge in [0.1, 0.15) is 31.1 Å². The van der Waals surface area contributed by atoms with Gasteiger partial charge in [-0.25, -0.2) is 0 Å². The van der Waals surface area contributed by atoms with Gasteiger partial charge in [0.25, 0.3) is 0 Å². The van der Waals surface area contributed by atoms with Gasteiger partial charge in [-0.2, -0.15) is 0 Å². The molecule has 0 spiro atoms. The number of hydrogen-bond acceptors (Lipinski definition) is 8. The lowest BCUT2D eigenvalue weighted by molar-refractivity contribution is -0.299. The molecule has 19 heavy (non-hydrogen) atoms. The van der Waals surface area contributed by atoms with E-state index >= 15 is 0 Å². The molecule has 1 fully saturated rings. The molecule has 1 aromatic rings. The maximum absolute atomic E-state index is 9.69. The highest BCUT2D eigenvalue weighted by Crippen LogP contribution is 2.21. The maximum atomic E-state index is 9.69. The van der Waals surface area contributed by atoms with Crippen LogP contribution in [-0.4, -0.2) is 64.5 Å². The molecule has 1 unspecified atom stereocenters. The summed E-state index contributed by atoms with van der Waals surface area (Å²) in [5.74, 6) is 0.476. The van der Waals surface area contributed by atoms with E-state index < -0.39 is 37.3 Å². The first-order valence-corrected chi connectivity index (χ1v) is 5.83. The Balaban J connectivity index is 1.84. The van der Waals surface area contributed by atoms with Crippen LogP contribution in [0.3, 0.4) is 0 Å². The zero-order valence-corrected chi connectivity index (χ0v) is 10.0. The second-order valence-electron chi connectivity index (χ2n) is 4.16. The largest absolute Gasteiger partial charge is 0.449 e. The van der Waals surface area contributed by atoms with Gasteiger partial charge in [-0.05, 0) is 6.07 Å². The van der Waals surface area contributed by atoms with Crippen molar-refractivity contribution in [3.05, 3.63) is 18.4 Å². The van der Waals surface area contributed by atoms with E-state index in [0.717, 1.165) is 0 Å². The molecule has 0 saturated carbocycles. The second-order valence-corrected chi connectivity index (χ2v) is 4.16. The molecule has 0 radical (unpaired) electrons. The van der Waals surface area contributed by atoms with Crippen molar-refractivity contribution < 1.29 is 34.3 Å². The Labute approximate surface area is 109 Å². The van der Waals surface area contributed by atoms with Gasteiger partial charge in [-0.3, -0.25) is 0 Å². The van der Waals surface area contributed by atoms with Gasteiger partial charge in [-0.15, -0.1) is 0 Å². The van der Waals surface area contributed by atoms with Crippen molar-refractivity contribution in [1.29, 1.82) is 0 Å². The van der Waals surface area contributed by atoms with Gasteiger partial charge >= 0.3 is 0 Å². The van der Waals surface area contributed by atoms with Crippen molar-refractivity contribution in [2.24, 2.45) is 0 Å². The number of anilines is 1. The minimum Gasteiger partial charge on any atom is -0.449 e. The van der Waals surface area contributed by atoms with Gasteiger partial charge < -0.3 is 39.6 Å². The van der Waals surface area contributed by atoms with Gasteiger partial charge in [0, 0.05) is 6.07 Å². The average molecular weight is 275 g/mol. The third-order valence-corrected chi connectivity index (χ3v) is 2.86. The minimum atomic E-state index is -1.44. The van der Waals surface area contributed by atoms with Crippen molar-refractivity contribution >= 4 is 5.88 Å². The molecule has 0 bridgehead atoms. The predicted molar refractivity (Wildman–Crippen MR) is 62.0 cm³/mol. The van der Waals surface area contributed by atoms with Crippen LogP contribution in [0.4, 0.5) is 5.88 Å². The Morgan fingerprint density at radius 2 is 2.00 bits per heavy atom. The summed E-state index contributed by atoms with van der Waals surface area (Å²) in [7, 11) is 0. The van der Waals surface area contributed by atoms with E-state index in [0.29, 0.717) is 5.88 Å². The third kappa shape index (κ3) is 3.24. The summed E-state index contributed by atoms with van der Waals surface area (Å²) in [6, 6.07) is 3.37. The molecule has 1 saturated heterocycles. The Kier molecular flexibility index (Phi) is 4.75. The molecule has 0 aliphatic carbocycles. The summed E-state index contributed by atoms with van der Waals surface area (Å²) in [5, 5.41) is 40.6. The maximum Gasteiger partial charge on any atom is 0.194 e. The normalized spacial score (nSPS) is 35.3. The van der Waals surface area contributed by atoms with Gasteiger partial charge in [0.15, 0.2) is 12.2 Å². The van der Waals surface area contributed by atoms with E-state index in [1.165, 1.54) is 6.26 Å². The highest BCUT2D eigenvalue weighted by molar-refractivity contribution is 5.28. The van der Waals surface area contributed by atoms with Crippen molar-refractivity contribution in [2.75, 3.05) is 18.7 Å². The lowest BCUT2D eigenvalue weighted by Gasteiger charge is -2.39. The first kappa shape index (κ1) is 14.3. The Bertz CT molecular complexity index is 369. The lowest BCUT2D eigenvalue weighted by atomic mass is 9.99. The van der Waals surface area contributed by atoms with Crippen LogP contribution >= 0.6 is 0 Å². The molecule has 2 heterocycles. The van der Waals surface area contributed by atoms with Crippen LogP contribution < -0.4 is 5.32 Å². The van der Waals surface area contributed by atoms with E-state index in [2.05, 4.69) is 5.32 Å². The standard InChI is InChI=1S/C11H17NO7/c13-4-6-8(14)9(15)10(16)11(19-6)18-5-12-7-2-1-3-17-7/h1-3,6,8-16H,4-5H2/t6-,8-,9+,10-,11?/m1/s1. The fourth-order valence-electron chi connectivity index (χ4n) is 1.78. The van der Waals surface area contributed by atoms with Crippen LogP contribution in [0.15, 0.2) is 22.8 Å². The molecule has 5 atom stereocenters. The number of ether oxygens (including phenoxy) is 2. The average Bonchev–Trinajstić information content (AvgIpc) is 2.92. The summed E-state index contributed by atoms with van der Waals surface area (Å²) in [4.78, 5) is 0. The van der Waals surface area contributed by atoms with E-state index in [1.807, 2.05) is 0 Å². The second kappa shape index (κ2) is 6.33. The minimum absolute atomic E-state index is 0.0315. The molecular formula is C11H17NO7. The van der Waals surface area contributed by atoms with Gasteiger partial charge in [0.2, 0.25) is 0 Å². The molecule has 0 aromatic carbocycles. The zero-order chi connectivity index (χ0) is 13.8. The van der Waals surface area contributed by atoms with E-state index in [9.17, 15) is 15.3 Å². The number of rotatable bonds is 5. The topological polar surface area (TPSA) is 125 Å². The van der Waals surface area contributed by atoms with Crippen molar-refractivity contribution in [2.45, 2.75) is 30.7 Å². The first-order valence-electron chi connectivity index (χ1n) is 5.83. The van der Waals surface area contributed by atoms with Crippen molar-refractivity contribution in [3.8, 4) is 0 Å². The monoisotopic (exact) mass is 275 g/mol. The van der Waals surface area contributed by atoms with Crippen LogP contribution in [0.25, 0.3) is 0 Å². The number of nitrogens with one attached hydrogen (secondary N) is 1. The summed E-state index contributed by atoms with van der Waals surface area (Å²) in [6.07, 6.45) is -4.89. The van der Waals surface area contributed by atoms with Gasteiger partial charge in [-0.1, -0.05) is 0 Å². The highest BCUT2D eigenvalue weighted by atomic mass is 16.7. The third-order valence-electron chi connectivity index (χ3n) is 2.86. The van der Waals surface area contributed by atoms with Crippen LogP contribution in [0.5, 0.6) is 0 Å². The molecule has 1 aliphatic heterocycles. The molecule has 1 aliphatic rings. The van der Waals surface area contributed by atoms with Crippen molar-refractivity contribution in [1.82, 2.24) is 0 Å². The number of aliphatic hydroxyl groups excluding tert-OH is 4. The molecule has 8 nitrogen and oxygen atoms in total. The smallest absolute Gasteiger partial charge is 0.194 e. The molecule has 5 N–H and O–H groups in total. The Morgan fingerprint density at radius 1 is 1.21 bits per heavy atom. The van der Waals surface area contributed by atoms with Crippen LogP contribution in [0.2, 0.25) is 0 Å². The summed E-state index contributed by atoms with van der Waals surface area (Å²) in [5.41, 5.74) is 0. The van der Waals surface area contributed by atoms with Crippen molar-refractivity contribution in [3.63, 3.8) is 0 Å². The Morgan fingerprint density at radius 3 is 2.63 bits per heavy atom. The summed E-state index contributed by atoms with van der Waals surface area (Å²) < 4.78 is 15.3. The van der Waals surface area contributed by atoms with Crippen LogP contribution in [-0.2, 0) is 9.47 Å². The molecule has 1 aromatic heterocycles. The lowest BCUT2D eigenvalue weighted by Crippen LogP contribution is -2.59. The molecular weight excluding hydrogens is 258 g/mol. The quantitative estimate of drug-likeness (QED) is 0.410. The van der Waals surface area contributed by atoms with Crippen LogP contribution in [0.1, 0.15) is 0 Å². The van der Waals surface area contributed by atoms with Crippen LogP contribution in [0, 0.1) is 0 Å². The van der Waals surface area contributed by atoms with Gasteiger partial charge in [0.05, 0.1) is 12.9 Å². The molecule has 8 heteroatoms. The zero-order valence-electron chi connectivity index (χ0n) is 10.0.